The van der Waals surface area contributed by atoms with E-state index in [2.05, 4.69) is 0 Å². The molecule has 0 aliphatic heterocycles. The van der Waals surface area contributed by atoms with Crippen LogP contribution in [0.4, 0.5) is 13.2 Å². The van der Waals surface area contributed by atoms with Crippen LogP contribution in [0.15, 0.2) is 0 Å². The van der Waals surface area contributed by atoms with Crippen LogP contribution in [-0.4, -0.2) is 11.7 Å². The van der Waals surface area contributed by atoms with Crippen molar-refractivity contribution < 1.29 is 13.2 Å². The molecule has 0 aromatic carbocycles. The molecule has 0 saturated carbocycles. The predicted octanol–water partition coefficient (Wildman–Crippen LogP) is 3.24. The van der Waals surface area contributed by atoms with Crippen LogP contribution in [0.25, 0.3) is 0 Å². The molecule has 0 aliphatic carbocycles. The number of halogens is 3. The van der Waals surface area contributed by atoms with Crippen LogP contribution < -0.4 is 5.73 Å². The highest BCUT2D eigenvalue weighted by Gasteiger charge is 2.47. The van der Waals surface area contributed by atoms with Gasteiger partial charge in [0.05, 0.1) is 0 Å². The molecule has 0 amide bonds. The highest BCUT2D eigenvalue weighted by Crippen LogP contribution is 2.31. The van der Waals surface area contributed by atoms with Crippen LogP contribution in [0.5, 0.6) is 0 Å². The maximum Gasteiger partial charge on any atom is 0.406 e. The molecule has 13 heavy (non-hydrogen) atoms. The smallest absolute Gasteiger partial charge is 0.318 e. The Morgan fingerprint density at radius 1 is 1.08 bits per heavy atom. The van der Waals surface area contributed by atoms with E-state index in [1.54, 1.807) is 0 Å². The van der Waals surface area contributed by atoms with E-state index in [4.69, 9.17) is 5.73 Å². The number of hydrogen-bond acceptors (Lipinski definition) is 1. The monoisotopic (exact) mass is 197 g/mol. The zero-order valence-corrected chi connectivity index (χ0v) is 8.25. The van der Waals surface area contributed by atoms with Gasteiger partial charge in [-0.3, -0.25) is 0 Å². The van der Waals surface area contributed by atoms with E-state index >= 15 is 0 Å². The number of nitrogens with two attached hydrogens (primary N) is 1. The van der Waals surface area contributed by atoms with Gasteiger partial charge in [0.25, 0.3) is 0 Å². The largest absolute Gasteiger partial charge is 0.406 e. The third-order valence-electron chi connectivity index (χ3n) is 2.20. The molecule has 0 heterocycles. The first-order chi connectivity index (χ1) is 5.81. The van der Waals surface area contributed by atoms with Gasteiger partial charge < -0.3 is 5.73 Å². The maximum atomic E-state index is 12.2. The molecule has 1 atom stereocenters. The van der Waals surface area contributed by atoms with Gasteiger partial charge in [0.1, 0.15) is 5.54 Å². The second kappa shape index (κ2) is 4.84. The lowest BCUT2D eigenvalue weighted by molar-refractivity contribution is -0.182. The van der Waals surface area contributed by atoms with E-state index < -0.39 is 11.7 Å². The minimum absolute atomic E-state index is 0.0243. The molecule has 0 fully saturated rings. The Hall–Kier alpha value is -0.250. The summed E-state index contributed by atoms with van der Waals surface area (Å²) < 4.78 is 36.7. The van der Waals surface area contributed by atoms with Crippen molar-refractivity contribution >= 4 is 0 Å². The lowest BCUT2D eigenvalue weighted by Crippen LogP contribution is -2.50. The van der Waals surface area contributed by atoms with Crippen molar-refractivity contribution in [1.29, 1.82) is 0 Å². The minimum Gasteiger partial charge on any atom is -0.318 e. The van der Waals surface area contributed by atoms with Gasteiger partial charge in [-0.05, 0) is 13.3 Å². The van der Waals surface area contributed by atoms with Gasteiger partial charge in [0.2, 0.25) is 0 Å². The summed E-state index contributed by atoms with van der Waals surface area (Å²) in [4.78, 5) is 0. The van der Waals surface area contributed by atoms with Gasteiger partial charge in [0, 0.05) is 0 Å². The summed E-state index contributed by atoms with van der Waals surface area (Å²) in [5.74, 6) is 0. The van der Waals surface area contributed by atoms with Crippen molar-refractivity contribution in [3.05, 3.63) is 0 Å². The van der Waals surface area contributed by atoms with Crippen molar-refractivity contribution in [3.8, 4) is 0 Å². The SMILES string of the molecule is CCCCCCC(C)(N)C(F)(F)F. The Morgan fingerprint density at radius 3 is 2.00 bits per heavy atom. The molecule has 80 valence electrons. The lowest BCUT2D eigenvalue weighted by Gasteiger charge is -2.27. The van der Waals surface area contributed by atoms with Gasteiger partial charge >= 0.3 is 6.18 Å². The van der Waals surface area contributed by atoms with Crippen LogP contribution in [-0.2, 0) is 0 Å². The summed E-state index contributed by atoms with van der Waals surface area (Å²) in [6.07, 6.45) is -0.864. The van der Waals surface area contributed by atoms with Gasteiger partial charge in [-0.15, -0.1) is 0 Å². The minimum atomic E-state index is -4.28. The Morgan fingerprint density at radius 2 is 1.62 bits per heavy atom. The van der Waals surface area contributed by atoms with Crippen LogP contribution in [0.1, 0.15) is 46.0 Å². The molecular formula is C9H18F3N. The second-order valence-corrected chi connectivity index (χ2v) is 3.73. The van der Waals surface area contributed by atoms with Crippen LogP contribution in [0.3, 0.4) is 0 Å². The number of hydrogen-bond donors (Lipinski definition) is 1. The van der Waals surface area contributed by atoms with Crippen molar-refractivity contribution in [2.75, 3.05) is 0 Å². The third-order valence-corrected chi connectivity index (χ3v) is 2.20. The Bertz CT molecular complexity index is 140. The van der Waals surface area contributed by atoms with Gasteiger partial charge in [-0.25, -0.2) is 0 Å². The molecule has 0 spiro atoms. The molecule has 0 aliphatic rings. The average Bonchev–Trinajstić information content (AvgIpc) is 1.96. The molecule has 0 radical (unpaired) electrons. The Kier molecular flexibility index (Phi) is 4.75. The van der Waals surface area contributed by atoms with Gasteiger partial charge in [-0.2, -0.15) is 13.2 Å². The topological polar surface area (TPSA) is 26.0 Å². The summed E-state index contributed by atoms with van der Waals surface area (Å²) in [5.41, 5.74) is 3.14. The fourth-order valence-electron chi connectivity index (χ4n) is 1.06. The summed E-state index contributed by atoms with van der Waals surface area (Å²) >= 11 is 0. The van der Waals surface area contributed by atoms with Crippen LogP contribution >= 0.6 is 0 Å². The average molecular weight is 197 g/mol. The molecule has 1 unspecified atom stereocenters. The molecule has 0 saturated heterocycles. The quantitative estimate of drug-likeness (QED) is 0.673. The van der Waals surface area contributed by atoms with Crippen molar-refractivity contribution in [1.82, 2.24) is 0 Å². The number of rotatable bonds is 5. The van der Waals surface area contributed by atoms with Gasteiger partial charge in [0.15, 0.2) is 0 Å². The highest BCUT2D eigenvalue weighted by molar-refractivity contribution is 4.86. The number of alkyl halides is 3. The molecule has 0 bridgehead atoms. The Labute approximate surface area is 77.5 Å². The lowest BCUT2D eigenvalue weighted by atomic mass is 9.95. The fourth-order valence-corrected chi connectivity index (χ4v) is 1.06. The molecule has 1 nitrogen and oxygen atoms in total. The van der Waals surface area contributed by atoms with Crippen molar-refractivity contribution in [2.45, 2.75) is 57.7 Å². The maximum absolute atomic E-state index is 12.2. The van der Waals surface area contributed by atoms with Crippen molar-refractivity contribution in [2.24, 2.45) is 5.73 Å². The summed E-state index contributed by atoms with van der Waals surface area (Å²) in [6, 6.07) is 0. The summed E-state index contributed by atoms with van der Waals surface area (Å²) in [5, 5.41) is 0. The van der Waals surface area contributed by atoms with E-state index in [0.717, 1.165) is 26.2 Å². The van der Waals surface area contributed by atoms with E-state index in [0.29, 0.717) is 6.42 Å². The first kappa shape index (κ1) is 12.8. The standard InChI is InChI=1S/C9H18F3N/c1-3-4-5-6-7-8(2,13)9(10,11)12/h3-7,13H2,1-2H3. The van der Waals surface area contributed by atoms with E-state index in [9.17, 15) is 13.2 Å². The predicted molar refractivity (Wildman–Crippen MR) is 47.4 cm³/mol. The molecule has 4 heteroatoms. The fraction of sp³-hybridized carbons (Fsp3) is 1.00. The molecule has 0 aromatic heterocycles. The third kappa shape index (κ3) is 4.50. The first-order valence-corrected chi connectivity index (χ1v) is 4.67. The second-order valence-electron chi connectivity index (χ2n) is 3.73. The molecule has 0 aromatic rings. The van der Waals surface area contributed by atoms with E-state index in [-0.39, 0.29) is 6.42 Å². The molecular weight excluding hydrogens is 179 g/mol. The number of unbranched alkanes of at least 4 members (excludes halogenated alkanes) is 3. The van der Waals surface area contributed by atoms with E-state index in [1.165, 1.54) is 0 Å². The zero-order valence-electron chi connectivity index (χ0n) is 8.25. The summed E-state index contributed by atoms with van der Waals surface area (Å²) in [7, 11) is 0. The highest BCUT2D eigenvalue weighted by atomic mass is 19.4. The van der Waals surface area contributed by atoms with Crippen molar-refractivity contribution in [3.63, 3.8) is 0 Å². The van der Waals surface area contributed by atoms with Crippen LogP contribution in [0.2, 0.25) is 0 Å². The van der Waals surface area contributed by atoms with E-state index in [1.807, 2.05) is 6.92 Å². The first-order valence-electron chi connectivity index (χ1n) is 4.67. The molecule has 2 N–H and O–H groups in total. The zero-order chi connectivity index (χ0) is 10.5. The molecule has 0 rings (SSSR count). The Balaban J connectivity index is 3.77. The summed E-state index contributed by atoms with van der Waals surface area (Å²) in [6.45, 7) is 3.07. The normalized spacial score (nSPS) is 17.1. The van der Waals surface area contributed by atoms with Gasteiger partial charge in [-0.1, -0.05) is 32.6 Å². The van der Waals surface area contributed by atoms with Crippen LogP contribution in [0, 0.1) is 0 Å².